The number of ether oxygens (including phenoxy) is 1. The zero-order chi connectivity index (χ0) is 13.6. The van der Waals surface area contributed by atoms with Gasteiger partial charge in [0.2, 0.25) is 0 Å². The second-order valence-electron chi connectivity index (χ2n) is 5.14. The van der Waals surface area contributed by atoms with E-state index in [2.05, 4.69) is 5.16 Å². The average molecular weight is 278 g/mol. The van der Waals surface area contributed by atoms with Crippen molar-refractivity contribution in [2.75, 3.05) is 0 Å². The van der Waals surface area contributed by atoms with Gasteiger partial charge in [-0.25, -0.2) is 4.79 Å². The molecule has 0 saturated heterocycles. The third kappa shape index (κ3) is 2.02. The fourth-order valence-electron chi connectivity index (χ4n) is 2.25. The van der Waals surface area contributed by atoms with Crippen molar-refractivity contribution in [2.45, 2.75) is 25.9 Å². The highest BCUT2D eigenvalue weighted by Gasteiger charge is 2.41. The van der Waals surface area contributed by atoms with Gasteiger partial charge in [0.25, 0.3) is 0 Å². The molecule has 2 aliphatic rings. The molecule has 0 amide bonds. The molecule has 2 heterocycles. The molecule has 0 N–H and O–H groups in total. The first-order valence-corrected chi connectivity index (χ1v) is 6.32. The predicted octanol–water partition coefficient (Wildman–Crippen LogP) is 3.16. The SMILES string of the molecule is CC1(C)CC2=NOC(=O)C2=C(c2ccccc2Cl)O1. The number of oxime groups is 1. The fraction of sp³-hybridized carbons (Fsp3) is 0.286. The molecule has 5 heteroatoms. The van der Waals surface area contributed by atoms with Crippen LogP contribution in [0.1, 0.15) is 25.8 Å². The van der Waals surface area contributed by atoms with Crippen LogP contribution in [0.3, 0.4) is 0 Å². The third-order valence-electron chi connectivity index (χ3n) is 3.05. The van der Waals surface area contributed by atoms with Gasteiger partial charge >= 0.3 is 5.97 Å². The van der Waals surface area contributed by atoms with Gasteiger partial charge in [-0.2, -0.15) is 0 Å². The Morgan fingerprint density at radius 1 is 1.32 bits per heavy atom. The van der Waals surface area contributed by atoms with Crippen molar-refractivity contribution in [3.63, 3.8) is 0 Å². The van der Waals surface area contributed by atoms with Gasteiger partial charge in [-0.3, -0.25) is 0 Å². The smallest absolute Gasteiger partial charge is 0.371 e. The number of hydrogen-bond acceptors (Lipinski definition) is 4. The summed E-state index contributed by atoms with van der Waals surface area (Å²) in [5.74, 6) is -0.0384. The van der Waals surface area contributed by atoms with E-state index in [0.29, 0.717) is 34.1 Å². The average Bonchev–Trinajstić information content (AvgIpc) is 2.69. The molecule has 3 rings (SSSR count). The maximum Gasteiger partial charge on any atom is 0.371 e. The molecule has 0 fully saturated rings. The summed E-state index contributed by atoms with van der Waals surface area (Å²) in [7, 11) is 0. The molecule has 1 aromatic carbocycles. The van der Waals surface area contributed by atoms with E-state index in [1.165, 1.54) is 0 Å². The summed E-state index contributed by atoms with van der Waals surface area (Å²) >= 11 is 6.18. The van der Waals surface area contributed by atoms with E-state index in [4.69, 9.17) is 21.2 Å². The topological polar surface area (TPSA) is 47.9 Å². The van der Waals surface area contributed by atoms with Crippen LogP contribution in [0.2, 0.25) is 5.02 Å². The van der Waals surface area contributed by atoms with E-state index in [9.17, 15) is 4.79 Å². The zero-order valence-corrected chi connectivity index (χ0v) is 11.3. The van der Waals surface area contributed by atoms with Crippen molar-refractivity contribution in [3.8, 4) is 0 Å². The first-order chi connectivity index (χ1) is 8.98. The molecule has 0 aromatic heterocycles. The minimum atomic E-state index is -0.486. The second kappa shape index (κ2) is 4.10. The van der Waals surface area contributed by atoms with Crippen LogP contribution in [0.4, 0.5) is 0 Å². The number of carbonyl (C=O) groups excluding carboxylic acids is 1. The van der Waals surface area contributed by atoms with E-state index in [0.717, 1.165) is 0 Å². The lowest BCUT2D eigenvalue weighted by molar-refractivity contribution is -0.136. The molecule has 0 saturated carbocycles. The van der Waals surface area contributed by atoms with Gasteiger partial charge in [0, 0.05) is 12.0 Å². The fourth-order valence-corrected chi connectivity index (χ4v) is 2.47. The van der Waals surface area contributed by atoms with E-state index >= 15 is 0 Å². The van der Waals surface area contributed by atoms with Gasteiger partial charge in [-0.15, -0.1) is 0 Å². The van der Waals surface area contributed by atoms with Crippen LogP contribution in [0.5, 0.6) is 0 Å². The van der Waals surface area contributed by atoms with Gasteiger partial charge < -0.3 is 9.57 Å². The Hall–Kier alpha value is -1.81. The highest BCUT2D eigenvalue weighted by Crippen LogP contribution is 2.39. The molecule has 0 spiro atoms. The maximum absolute atomic E-state index is 11.8. The quantitative estimate of drug-likeness (QED) is 0.741. The monoisotopic (exact) mass is 277 g/mol. The van der Waals surface area contributed by atoms with Crippen molar-refractivity contribution < 1.29 is 14.4 Å². The van der Waals surface area contributed by atoms with E-state index in [1.54, 1.807) is 6.07 Å². The summed E-state index contributed by atoms with van der Waals surface area (Å²) in [6.45, 7) is 3.87. The minimum Gasteiger partial charge on any atom is -0.486 e. The van der Waals surface area contributed by atoms with Crippen molar-refractivity contribution >= 4 is 29.0 Å². The van der Waals surface area contributed by atoms with Gasteiger partial charge in [0.1, 0.15) is 22.6 Å². The number of nitrogens with zero attached hydrogens (tertiary/aromatic N) is 1. The molecular weight excluding hydrogens is 266 g/mol. The Morgan fingerprint density at radius 2 is 2.05 bits per heavy atom. The van der Waals surface area contributed by atoms with Crippen molar-refractivity contribution in [1.82, 2.24) is 0 Å². The van der Waals surface area contributed by atoms with Crippen LogP contribution in [0.25, 0.3) is 5.76 Å². The number of hydrogen-bond donors (Lipinski definition) is 0. The lowest BCUT2D eigenvalue weighted by Gasteiger charge is -2.32. The molecule has 0 unspecified atom stereocenters. The first kappa shape index (κ1) is 12.2. The van der Waals surface area contributed by atoms with Gasteiger partial charge in [0.05, 0.1) is 5.02 Å². The summed E-state index contributed by atoms with van der Waals surface area (Å²) in [6, 6.07) is 7.24. The van der Waals surface area contributed by atoms with Crippen LogP contribution >= 0.6 is 11.6 Å². The van der Waals surface area contributed by atoms with Crippen LogP contribution < -0.4 is 0 Å². The summed E-state index contributed by atoms with van der Waals surface area (Å²) in [5.41, 5.74) is 1.23. The second-order valence-corrected chi connectivity index (χ2v) is 5.55. The number of halogens is 1. The molecule has 19 heavy (non-hydrogen) atoms. The van der Waals surface area contributed by atoms with E-state index in [1.807, 2.05) is 32.0 Å². The number of benzene rings is 1. The lowest BCUT2D eigenvalue weighted by atomic mass is 9.91. The Bertz CT molecular complexity index is 631. The molecule has 0 radical (unpaired) electrons. The van der Waals surface area contributed by atoms with Gasteiger partial charge in [-0.05, 0) is 26.0 Å². The molecule has 0 bridgehead atoms. The summed E-state index contributed by atoms with van der Waals surface area (Å²) in [4.78, 5) is 16.5. The van der Waals surface area contributed by atoms with Crippen LogP contribution in [0, 0.1) is 0 Å². The Kier molecular flexibility index (Phi) is 2.64. The molecule has 0 atom stereocenters. The standard InChI is InChI=1S/C14H12ClNO3/c1-14(2)7-10-11(13(17)19-16-10)12(18-14)8-5-3-4-6-9(8)15/h3-6H,7H2,1-2H3. The van der Waals surface area contributed by atoms with E-state index in [-0.39, 0.29) is 0 Å². The molecule has 98 valence electrons. The van der Waals surface area contributed by atoms with Crippen molar-refractivity contribution in [2.24, 2.45) is 5.16 Å². The molecule has 0 aliphatic carbocycles. The van der Waals surface area contributed by atoms with Gasteiger partial charge in [0.15, 0.2) is 0 Å². The van der Waals surface area contributed by atoms with Crippen molar-refractivity contribution in [3.05, 3.63) is 40.4 Å². The zero-order valence-electron chi connectivity index (χ0n) is 10.6. The Labute approximate surface area is 115 Å². The van der Waals surface area contributed by atoms with Gasteiger partial charge in [-0.1, -0.05) is 28.9 Å². The van der Waals surface area contributed by atoms with Crippen LogP contribution in [-0.2, 0) is 14.4 Å². The molecular formula is C14H12ClNO3. The molecule has 1 aromatic rings. The summed E-state index contributed by atoms with van der Waals surface area (Å²) in [6.07, 6.45) is 0.530. The lowest BCUT2D eigenvalue weighted by Crippen LogP contribution is -2.33. The largest absolute Gasteiger partial charge is 0.486 e. The highest BCUT2D eigenvalue weighted by atomic mass is 35.5. The molecule has 4 nitrogen and oxygen atoms in total. The van der Waals surface area contributed by atoms with Crippen LogP contribution in [0.15, 0.2) is 35.0 Å². The Morgan fingerprint density at radius 3 is 2.79 bits per heavy atom. The Balaban J connectivity index is 2.22. The number of carbonyl (C=O) groups is 1. The highest BCUT2D eigenvalue weighted by molar-refractivity contribution is 6.33. The summed E-state index contributed by atoms with van der Waals surface area (Å²) in [5, 5.41) is 4.36. The van der Waals surface area contributed by atoms with E-state index < -0.39 is 11.6 Å². The van der Waals surface area contributed by atoms with Crippen LogP contribution in [-0.4, -0.2) is 17.3 Å². The normalized spacial score (nSPS) is 20.6. The first-order valence-electron chi connectivity index (χ1n) is 5.95. The maximum atomic E-state index is 11.8. The van der Waals surface area contributed by atoms with Crippen molar-refractivity contribution in [1.29, 1.82) is 0 Å². The summed E-state index contributed by atoms with van der Waals surface area (Å²) < 4.78 is 5.94. The number of fused-ring (bicyclic) bond motifs is 1. The predicted molar refractivity (Wildman–Crippen MR) is 71.7 cm³/mol. The number of rotatable bonds is 1. The third-order valence-corrected chi connectivity index (χ3v) is 3.38. The molecule has 2 aliphatic heterocycles. The minimum absolute atomic E-state index is 0.382.